The molecule has 4 aromatic rings. The summed E-state index contributed by atoms with van der Waals surface area (Å²) in [7, 11) is 0. The molecule has 0 spiro atoms. The van der Waals surface area contributed by atoms with Crippen LogP contribution in [-0.2, 0) is 29.2 Å². The number of likely N-dealkylation sites (tertiary alicyclic amines) is 1. The summed E-state index contributed by atoms with van der Waals surface area (Å²) in [6, 6.07) is 24.3. The lowest BCUT2D eigenvalue weighted by Crippen LogP contribution is -2.44. The average molecular weight is 598 g/mol. The molecule has 5 rings (SSSR count). The van der Waals surface area contributed by atoms with Crippen molar-refractivity contribution in [3.05, 3.63) is 105 Å². The van der Waals surface area contributed by atoms with E-state index in [1.807, 2.05) is 31.2 Å². The number of hydrogen-bond donors (Lipinski definition) is 2. The number of carbonyl (C=O) groups is 2. The first-order valence-electron chi connectivity index (χ1n) is 15.2. The highest BCUT2D eigenvalue weighted by molar-refractivity contribution is 5.93. The summed E-state index contributed by atoms with van der Waals surface area (Å²) in [4.78, 5) is 55.0. The largest absolute Gasteiger partial charge is 0.492 e. The van der Waals surface area contributed by atoms with Crippen LogP contribution in [0, 0.1) is 0 Å². The van der Waals surface area contributed by atoms with Gasteiger partial charge in [0.05, 0.1) is 23.2 Å². The molecule has 44 heavy (non-hydrogen) atoms. The molecular formula is C34H39N5O5. The number of carbonyl (C=O) groups excluding carboxylic acids is 2. The van der Waals surface area contributed by atoms with E-state index in [1.165, 1.54) is 10.1 Å². The average Bonchev–Trinajstić information content (AvgIpc) is 3.03. The number of nitrogens with zero attached hydrogens (tertiary/aromatic N) is 3. The summed E-state index contributed by atoms with van der Waals surface area (Å²) in [6.07, 6.45) is 2.27. The van der Waals surface area contributed by atoms with Crippen molar-refractivity contribution in [3.8, 4) is 5.75 Å². The summed E-state index contributed by atoms with van der Waals surface area (Å²) in [6.45, 7) is 4.81. The van der Waals surface area contributed by atoms with E-state index in [0.29, 0.717) is 35.4 Å². The summed E-state index contributed by atoms with van der Waals surface area (Å²) in [5, 5.41) is 6.27. The van der Waals surface area contributed by atoms with Gasteiger partial charge in [0.15, 0.2) is 0 Å². The minimum Gasteiger partial charge on any atom is -0.492 e. The minimum absolute atomic E-state index is 0.0697. The molecule has 0 bridgehead atoms. The number of nitrogens with one attached hydrogen (secondary N) is 2. The second kappa shape index (κ2) is 14.7. The van der Waals surface area contributed by atoms with Gasteiger partial charge < -0.3 is 15.4 Å². The van der Waals surface area contributed by atoms with Gasteiger partial charge in [-0.1, -0.05) is 54.6 Å². The molecule has 2 amide bonds. The first kappa shape index (κ1) is 30.7. The van der Waals surface area contributed by atoms with Gasteiger partial charge >= 0.3 is 5.69 Å². The molecule has 1 saturated heterocycles. The molecule has 0 aliphatic carbocycles. The minimum atomic E-state index is -0.590. The molecule has 3 aromatic carbocycles. The molecule has 0 atom stereocenters. The maximum Gasteiger partial charge on any atom is 0.331 e. The number of hydrogen-bond acceptors (Lipinski definition) is 6. The smallest absolute Gasteiger partial charge is 0.331 e. The Labute approximate surface area is 256 Å². The third kappa shape index (κ3) is 7.62. The fraction of sp³-hybridized carbons (Fsp3) is 0.353. The molecule has 230 valence electrons. The van der Waals surface area contributed by atoms with E-state index in [-0.39, 0.29) is 31.5 Å². The summed E-state index contributed by atoms with van der Waals surface area (Å²) < 4.78 is 8.02. The van der Waals surface area contributed by atoms with Crippen LogP contribution in [0.15, 0.2) is 88.5 Å². The van der Waals surface area contributed by atoms with Gasteiger partial charge in [-0.2, -0.15) is 0 Å². The standard InChI is InChI=1S/C34H39N5O5/c1-2-44-30-16-9-7-14-28(30)36-32(41)24-39-29-15-8-6-13-27(29)33(42)38(34(39)43)20-10-17-31(40)35-26-18-21-37(22-19-26)23-25-11-4-3-5-12-25/h3-9,11-16,26H,2,10,17-24H2,1H3,(H,35,40)(H,36,41). The van der Waals surface area contributed by atoms with Crippen LogP contribution in [0.2, 0.25) is 0 Å². The van der Waals surface area contributed by atoms with Crippen molar-refractivity contribution < 1.29 is 14.3 Å². The Bertz CT molecular complexity index is 1710. The normalized spacial score (nSPS) is 13.9. The van der Waals surface area contributed by atoms with Crippen molar-refractivity contribution in [2.45, 2.75) is 58.3 Å². The lowest BCUT2D eigenvalue weighted by Gasteiger charge is -2.32. The number of anilines is 1. The van der Waals surface area contributed by atoms with Gasteiger partial charge in [0.2, 0.25) is 11.8 Å². The molecule has 0 unspecified atom stereocenters. The second-order valence-corrected chi connectivity index (χ2v) is 11.0. The summed E-state index contributed by atoms with van der Waals surface area (Å²) in [5.41, 5.74) is 1.13. The molecule has 0 saturated carbocycles. The van der Waals surface area contributed by atoms with Gasteiger partial charge in [0.25, 0.3) is 5.56 Å². The van der Waals surface area contributed by atoms with E-state index in [0.717, 1.165) is 37.0 Å². The Morgan fingerprint density at radius 3 is 2.34 bits per heavy atom. The van der Waals surface area contributed by atoms with Gasteiger partial charge in [-0.3, -0.25) is 28.4 Å². The van der Waals surface area contributed by atoms with Crippen molar-refractivity contribution in [1.29, 1.82) is 0 Å². The van der Waals surface area contributed by atoms with Crippen LogP contribution in [0.1, 0.15) is 38.2 Å². The Morgan fingerprint density at radius 2 is 1.57 bits per heavy atom. The molecule has 10 heteroatoms. The maximum atomic E-state index is 13.5. The van der Waals surface area contributed by atoms with E-state index in [1.54, 1.807) is 42.5 Å². The molecule has 0 radical (unpaired) electrons. The number of benzene rings is 3. The number of amides is 2. The third-order valence-corrected chi connectivity index (χ3v) is 7.88. The zero-order valence-electron chi connectivity index (χ0n) is 25.0. The molecular weight excluding hydrogens is 558 g/mol. The van der Waals surface area contributed by atoms with Crippen LogP contribution in [0.3, 0.4) is 0 Å². The van der Waals surface area contributed by atoms with E-state index in [9.17, 15) is 19.2 Å². The van der Waals surface area contributed by atoms with E-state index in [2.05, 4.69) is 27.7 Å². The number of para-hydroxylation sites is 3. The maximum absolute atomic E-state index is 13.5. The second-order valence-electron chi connectivity index (χ2n) is 11.0. The third-order valence-electron chi connectivity index (χ3n) is 7.88. The molecule has 10 nitrogen and oxygen atoms in total. The first-order valence-corrected chi connectivity index (χ1v) is 15.2. The SMILES string of the molecule is CCOc1ccccc1NC(=O)Cn1c(=O)n(CCCC(=O)NC2CCN(Cc3ccccc3)CC2)c(=O)c2ccccc21. The number of piperidine rings is 1. The topological polar surface area (TPSA) is 115 Å². The lowest BCUT2D eigenvalue weighted by molar-refractivity contribution is -0.122. The van der Waals surface area contributed by atoms with Gasteiger partial charge in [-0.15, -0.1) is 0 Å². The van der Waals surface area contributed by atoms with Gasteiger partial charge in [-0.05, 0) is 56.0 Å². The molecule has 2 N–H and O–H groups in total. The number of fused-ring (bicyclic) bond motifs is 1. The van der Waals surface area contributed by atoms with Crippen molar-refractivity contribution in [2.75, 3.05) is 25.0 Å². The van der Waals surface area contributed by atoms with Gasteiger partial charge in [-0.25, -0.2) is 4.79 Å². The predicted octanol–water partition coefficient (Wildman–Crippen LogP) is 3.76. The lowest BCUT2D eigenvalue weighted by atomic mass is 10.0. The van der Waals surface area contributed by atoms with Crippen LogP contribution < -0.4 is 26.6 Å². The van der Waals surface area contributed by atoms with E-state index >= 15 is 0 Å². The first-order chi connectivity index (χ1) is 21.4. The fourth-order valence-electron chi connectivity index (χ4n) is 5.68. The molecule has 1 aliphatic rings. The Kier molecular flexibility index (Phi) is 10.2. The summed E-state index contributed by atoms with van der Waals surface area (Å²) >= 11 is 0. The van der Waals surface area contributed by atoms with Crippen molar-refractivity contribution >= 4 is 28.4 Å². The Balaban J connectivity index is 1.20. The Morgan fingerprint density at radius 1 is 0.864 bits per heavy atom. The fourth-order valence-corrected chi connectivity index (χ4v) is 5.68. The summed E-state index contributed by atoms with van der Waals surface area (Å²) in [5.74, 6) is 0.0124. The van der Waals surface area contributed by atoms with Crippen LogP contribution >= 0.6 is 0 Å². The van der Waals surface area contributed by atoms with Crippen LogP contribution in [0.25, 0.3) is 10.9 Å². The molecule has 1 aromatic heterocycles. The zero-order chi connectivity index (χ0) is 30.9. The van der Waals surface area contributed by atoms with Crippen molar-refractivity contribution in [3.63, 3.8) is 0 Å². The molecule has 1 aliphatic heterocycles. The molecule has 1 fully saturated rings. The predicted molar refractivity (Wildman–Crippen MR) is 171 cm³/mol. The highest BCUT2D eigenvalue weighted by atomic mass is 16.5. The van der Waals surface area contributed by atoms with Crippen LogP contribution in [-0.4, -0.2) is 51.6 Å². The van der Waals surface area contributed by atoms with Crippen molar-refractivity contribution in [2.24, 2.45) is 0 Å². The van der Waals surface area contributed by atoms with Gasteiger partial charge in [0, 0.05) is 38.6 Å². The highest BCUT2D eigenvalue weighted by Gasteiger charge is 2.21. The van der Waals surface area contributed by atoms with Gasteiger partial charge in [0.1, 0.15) is 12.3 Å². The number of rotatable bonds is 12. The van der Waals surface area contributed by atoms with Crippen molar-refractivity contribution in [1.82, 2.24) is 19.4 Å². The molecule has 2 heterocycles. The quantitative estimate of drug-likeness (QED) is 0.257. The van der Waals surface area contributed by atoms with E-state index in [4.69, 9.17) is 4.74 Å². The monoisotopic (exact) mass is 597 g/mol. The highest BCUT2D eigenvalue weighted by Crippen LogP contribution is 2.23. The van der Waals surface area contributed by atoms with E-state index < -0.39 is 17.2 Å². The number of ether oxygens (including phenoxy) is 1. The zero-order valence-corrected chi connectivity index (χ0v) is 25.0. The van der Waals surface area contributed by atoms with Crippen LogP contribution in [0.5, 0.6) is 5.75 Å². The number of aromatic nitrogens is 2. The van der Waals surface area contributed by atoms with Crippen LogP contribution in [0.4, 0.5) is 5.69 Å². The Hall–Kier alpha value is -4.70.